The number of hydrogen-bond donors (Lipinski definition) is 1. The van der Waals surface area contributed by atoms with Crippen molar-refractivity contribution >= 4 is 5.97 Å². The molecule has 2 aliphatic rings. The zero-order valence-corrected chi connectivity index (χ0v) is 10.5. The van der Waals surface area contributed by atoms with E-state index in [4.69, 9.17) is 9.47 Å². The lowest BCUT2D eigenvalue weighted by atomic mass is 9.86. The first-order valence-corrected chi connectivity index (χ1v) is 6.20. The highest BCUT2D eigenvalue weighted by Crippen LogP contribution is 2.31. The Labute approximate surface area is 102 Å². The van der Waals surface area contributed by atoms with Gasteiger partial charge in [0.05, 0.1) is 19.3 Å². The van der Waals surface area contributed by atoms with Gasteiger partial charge in [0.15, 0.2) is 0 Å². The molecule has 3 atom stereocenters. The summed E-state index contributed by atoms with van der Waals surface area (Å²) in [5.41, 5.74) is -0.717. The molecule has 0 bridgehead atoms. The fraction of sp³-hybridized carbons (Fsp3) is 0.917. The molecule has 3 unspecified atom stereocenters. The van der Waals surface area contributed by atoms with Gasteiger partial charge in [0.1, 0.15) is 5.41 Å². The van der Waals surface area contributed by atoms with Gasteiger partial charge in [-0.25, -0.2) is 0 Å². The second-order valence-electron chi connectivity index (χ2n) is 5.31. The summed E-state index contributed by atoms with van der Waals surface area (Å²) >= 11 is 0. The SMILES string of the molecule is CC1CN(CC2(C(=O)O)CCOC2)C(C)CO1. The molecule has 0 aromatic heterocycles. The zero-order valence-electron chi connectivity index (χ0n) is 10.5. The average Bonchev–Trinajstić information content (AvgIpc) is 2.73. The maximum absolute atomic E-state index is 11.4. The molecule has 2 saturated heterocycles. The lowest BCUT2D eigenvalue weighted by Gasteiger charge is -2.40. The number of carboxylic acids is 1. The van der Waals surface area contributed by atoms with Crippen LogP contribution in [0.25, 0.3) is 0 Å². The monoisotopic (exact) mass is 243 g/mol. The summed E-state index contributed by atoms with van der Waals surface area (Å²) in [6, 6.07) is 0.281. The Balaban J connectivity index is 2.04. The van der Waals surface area contributed by atoms with Crippen molar-refractivity contribution < 1.29 is 19.4 Å². The van der Waals surface area contributed by atoms with Gasteiger partial charge in [-0.05, 0) is 20.3 Å². The first-order valence-electron chi connectivity index (χ1n) is 6.20. The minimum atomic E-state index is -0.735. The van der Waals surface area contributed by atoms with Gasteiger partial charge in [-0.3, -0.25) is 9.69 Å². The number of aliphatic carboxylic acids is 1. The molecule has 0 aliphatic carbocycles. The Hall–Kier alpha value is -0.650. The third kappa shape index (κ3) is 2.61. The lowest BCUT2D eigenvalue weighted by molar-refractivity contribution is -0.152. The molecule has 0 aromatic rings. The van der Waals surface area contributed by atoms with E-state index in [0.717, 1.165) is 6.54 Å². The van der Waals surface area contributed by atoms with Gasteiger partial charge in [0, 0.05) is 25.7 Å². The third-order valence-corrected chi connectivity index (χ3v) is 3.80. The Morgan fingerprint density at radius 2 is 2.29 bits per heavy atom. The highest BCUT2D eigenvalue weighted by Gasteiger charge is 2.45. The van der Waals surface area contributed by atoms with Crippen molar-refractivity contribution in [1.29, 1.82) is 0 Å². The molecule has 2 heterocycles. The number of nitrogens with zero attached hydrogens (tertiary/aromatic N) is 1. The van der Waals surface area contributed by atoms with Crippen LogP contribution in [0.4, 0.5) is 0 Å². The van der Waals surface area contributed by atoms with Gasteiger partial charge in [-0.15, -0.1) is 0 Å². The zero-order chi connectivity index (χ0) is 12.5. The van der Waals surface area contributed by atoms with Gasteiger partial charge in [0.25, 0.3) is 0 Å². The molecule has 0 amide bonds. The maximum Gasteiger partial charge on any atom is 0.313 e. The minimum absolute atomic E-state index is 0.180. The van der Waals surface area contributed by atoms with E-state index < -0.39 is 11.4 Å². The molecule has 0 saturated carbocycles. The van der Waals surface area contributed by atoms with Crippen LogP contribution < -0.4 is 0 Å². The number of ether oxygens (including phenoxy) is 2. The molecule has 98 valence electrons. The van der Waals surface area contributed by atoms with Crippen LogP contribution >= 0.6 is 0 Å². The summed E-state index contributed by atoms with van der Waals surface area (Å²) in [5, 5.41) is 9.41. The molecule has 1 N–H and O–H groups in total. The number of hydrogen-bond acceptors (Lipinski definition) is 4. The summed E-state index contributed by atoms with van der Waals surface area (Å²) in [5.74, 6) is -0.735. The van der Waals surface area contributed by atoms with Crippen molar-refractivity contribution in [1.82, 2.24) is 4.90 Å². The molecule has 5 nitrogen and oxygen atoms in total. The van der Waals surface area contributed by atoms with E-state index in [1.54, 1.807) is 0 Å². The van der Waals surface area contributed by atoms with Gasteiger partial charge < -0.3 is 14.6 Å². The Morgan fingerprint density at radius 3 is 2.88 bits per heavy atom. The van der Waals surface area contributed by atoms with E-state index in [1.165, 1.54) is 0 Å². The first-order chi connectivity index (χ1) is 8.03. The van der Waals surface area contributed by atoms with Crippen LogP contribution in [0.5, 0.6) is 0 Å². The van der Waals surface area contributed by atoms with E-state index in [0.29, 0.717) is 32.8 Å². The minimum Gasteiger partial charge on any atom is -0.481 e. The highest BCUT2D eigenvalue weighted by molar-refractivity contribution is 5.75. The van der Waals surface area contributed by atoms with Crippen molar-refractivity contribution in [2.75, 3.05) is 32.9 Å². The van der Waals surface area contributed by atoms with Crippen molar-refractivity contribution in [3.05, 3.63) is 0 Å². The van der Waals surface area contributed by atoms with Gasteiger partial charge in [-0.1, -0.05) is 0 Å². The van der Waals surface area contributed by atoms with Crippen LogP contribution in [0.15, 0.2) is 0 Å². The van der Waals surface area contributed by atoms with Crippen LogP contribution in [-0.4, -0.2) is 61.0 Å². The van der Waals surface area contributed by atoms with E-state index in [1.807, 2.05) is 6.92 Å². The first kappa shape index (κ1) is 12.8. The van der Waals surface area contributed by atoms with Crippen LogP contribution in [0.2, 0.25) is 0 Å². The molecule has 0 radical (unpaired) electrons. The van der Waals surface area contributed by atoms with Gasteiger partial charge in [0.2, 0.25) is 0 Å². The fourth-order valence-corrected chi connectivity index (χ4v) is 2.55. The topological polar surface area (TPSA) is 59.0 Å². The highest BCUT2D eigenvalue weighted by atomic mass is 16.5. The summed E-state index contributed by atoms with van der Waals surface area (Å²) < 4.78 is 10.8. The standard InChI is InChI=1S/C12H21NO4/c1-9-6-17-10(2)5-13(9)7-12(11(14)15)3-4-16-8-12/h9-10H,3-8H2,1-2H3,(H,14,15). The van der Waals surface area contributed by atoms with Gasteiger partial charge >= 0.3 is 5.97 Å². The largest absolute Gasteiger partial charge is 0.481 e. The molecule has 17 heavy (non-hydrogen) atoms. The van der Waals surface area contributed by atoms with E-state index >= 15 is 0 Å². The third-order valence-electron chi connectivity index (χ3n) is 3.80. The van der Waals surface area contributed by atoms with Crippen LogP contribution in [0.1, 0.15) is 20.3 Å². The fourth-order valence-electron chi connectivity index (χ4n) is 2.55. The molecular weight excluding hydrogens is 222 g/mol. The van der Waals surface area contributed by atoms with Crippen molar-refractivity contribution in [2.24, 2.45) is 5.41 Å². The summed E-state index contributed by atoms with van der Waals surface area (Å²) in [6.07, 6.45) is 0.792. The quantitative estimate of drug-likeness (QED) is 0.786. The number of carboxylic acid groups (broad SMARTS) is 1. The summed E-state index contributed by atoms with van der Waals surface area (Å²) in [4.78, 5) is 13.7. The molecule has 2 fully saturated rings. The van der Waals surface area contributed by atoms with E-state index in [-0.39, 0.29) is 12.1 Å². The van der Waals surface area contributed by atoms with Crippen molar-refractivity contribution in [2.45, 2.75) is 32.4 Å². The van der Waals surface area contributed by atoms with Crippen LogP contribution in [0.3, 0.4) is 0 Å². The van der Waals surface area contributed by atoms with Crippen molar-refractivity contribution in [3.63, 3.8) is 0 Å². The van der Waals surface area contributed by atoms with Crippen LogP contribution in [-0.2, 0) is 14.3 Å². The molecule has 5 heteroatoms. The smallest absolute Gasteiger partial charge is 0.313 e. The molecule has 0 aromatic carbocycles. The predicted octanol–water partition coefficient (Wildman–Crippen LogP) is 0.587. The maximum atomic E-state index is 11.4. The predicted molar refractivity (Wildman–Crippen MR) is 62.0 cm³/mol. The Morgan fingerprint density at radius 1 is 1.53 bits per heavy atom. The van der Waals surface area contributed by atoms with Gasteiger partial charge in [-0.2, -0.15) is 0 Å². The van der Waals surface area contributed by atoms with E-state index in [2.05, 4.69) is 11.8 Å². The average molecular weight is 243 g/mol. The molecule has 2 rings (SSSR count). The molecular formula is C12H21NO4. The number of rotatable bonds is 3. The normalized spacial score (nSPS) is 39.4. The van der Waals surface area contributed by atoms with Crippen LogP contribution in [0, 0.1) is 5.41 Å². The van der Waals surface area contributed by atoms with Crippen molar-refractivity contribution in [3.8, 4) is 0 Å². The number of morpholine rings is 1. The summed E-state index contributed by atoms with van der Waals surface area (Å²) in [7, 11) is 0. The van der Waals surface area contributed by atoms with E-state index in [9.17, 15) is 9.90 Å². The second kappa shape index (κ2) is 4.92. The second-order valence-corrected chi connectivity index (χ2v) is 5.31. The molecule has 2 aliphatic heterocycles. The lowest BCUT2D eigenvalue weighted by Crippen LogP contribution is -2.53. The number of carbonyl (C=O) groups is 1. The Kier molecular flexibility index (Phi) is 3.70. The Bertz CT molecular complexity index is 288. The molecule has 0 spiro atoms. The summed E-state index contributed by atoms with van der Waals surface area (Å²) in [6.45, 7) is 7.04.